The van der Waals surface area contributed by atoms with Crippen LogP contribution in [0.1, 0.15) is 25.7 Å². The molecule has 1 aromatic carbocycles. The van der Waals surface area contributed by atoms with Crippen molar-refractivity contribution in [3.63, 3.8) is 0 Å². The molecule has 21 heavy (non-hydrogen) atoms. The first kappa shape index (κ1) is 16.2. The van der Waals surface area contributed by atoms with Crippen molar-refractivity contribution in [2.24, 2.45) is 17.6 Å². The first-order valence-electron chi connectivity index (χ1n) is 6.99. The maximum Gasteiger partial charge on any atom is 0.313 e. The zero-order chi connectivity index (χ0) is 15.4. The van der Waals surface area contributed by atoms with Crippen LogP contribution in [0, 0.1) is 27.8 Å². The van der Waals surface area contributed by atoms with Gasteiger partial charge in [-0.15, -0.1) is 0 Å². The molecule has 1 saturated carbocycles. The lowest BCUT2D eigenvalue weighted by Gasteiger charge is -2.30. The molecule has 1 aliphatic rings. The van der Waals surface area contributed by atoms with Gasteiger partial charge in [0, 0.05) is 6.07 Å². The van der Waals surface area contributed by atoms with Crippen LogP contribution in [0.25, 0.3) is 0 Å². The van der Waals surface area contributed by atoms with Crippen LogP contribution in [0.15, 0.2) is 16.6 Å². The second-order valence-corrected chi connectivity index (χ2v) is 6.20. The van der Waals surface area contributed by atoms with Crippen molar-refractivity contribution in [2.45, 2.75) is 25.7 Å². The molecule has 0 bridgehead atoms. The average molecular weight is 361 g/mol. The monoisotopic (exact) mass is 360 g/mol. The summed E-state index contributed by atoms with van der Waals surface area (Å²) in [5.74, 6) is 0.107. The number of hydrogen-bond donors (Lipinski definition) is 1. The third-order valence-corrected chi connectivity index (χ3v) is 4.63. The Morgan fingerprint density at radius 3 is 2.67 bits per heavy atom. The number of hydrogen-bond acceptors (Lipinski definition) is 4. The van der Waals surface area contributed by atoms with Crippen LogP contribution < -0.4 is 10.5 Å². The first-order chi connectivity index (χ1) is 10.0. The van der Waals surface area contributed by atoms with Crippen LogP contribution in [-0.4, -0.2) is 18.1 Å². The van der Waals surface area contributed by atoms with Crippen molar-refractivity contribution < 1.29 is 14.1 Å². The molecule has 1 aliphatic carbocycles. The molecule has 0 aromatic heterocycles. The summed E-state index contributed by atoms with van der Waals surface area (Å²) in [6.07, 6.45) is 4.37. The predicted molar refractivity (Wildman–Crippen MR) is 80.8 cm³/mol. The van der Waals surface area contributed by atoms with E-state index in [9.17, 15) is 14.5 Å². The molecule has 0 radical (unpaired) electrons. The Balaban J connectivity index is 2.11. The van der Waals surface area contributed by atoms with Gasteiger partial charge in [0.2, 0.25) is 0 Å². The van der Waals surface area contributed by atoms with E-state index >= 15 is 0 Å². The van der Waals surface area contributed by atoms with E-state index in [0.29, 0.717) is 25.0 Å². The van der Waals surface area contributed by atoms with Crippen LogP contribution >= 0.6 is 15.9 Å². The lowest BCUT2D eigenvalue weighted by molar-refractivity contribution is -0.386. The summed E-state index contributed by atoms with van der Waals surface area (Å²) in [5.41, 5.74) is 5.41. The summed E-state index contributed by atoms with van der Waals surface area (Å²) >= 11 is 3.02. The summed E-state index contributed by atoms with van der Waals surface area (Å²) < 4.78 is 19.2. The van der Waals surface area contributed by atoms with Crippen molar-refractivity contribution in [1.29, 1.82) is 0 Å². The fraction of sp³-hybridized carbons (Fsp3) is 0.571. The molecule has 0 amide bonds. The third kappa shape index (κ3) is 3.91. The zero-order valence-corrected chi connectivity index (χ0v) is 13.1. The second kappa shape index (κ2) is 7.17. The van der Waals surface area contributed by atoms with Crippen LogP contribution in [0.3, 0.4) is 0 Å². The van der Waals surface area contributed by atoms with Crippen molar-refractivity contribution >= 4 is 21.6 Å². The Labute approximate surface area is 130 Å². The van der Waals surface area contributed by atoms with Crippen LogP contribution in [0.5, 0.6) is 5.75 Å². The molecule has 0 heterocycles. The standard InChI is InChI=1S/C14H18BrFN2O3/c15-11-5-14(13(18(19)20)6-12(11)16)21-8-10-4-2-1-3-9(10)7-17/h5-6,9-10H,1-4,7-8,17H2. The summed E-state index contributed by atoms with van der Waals surface area (Å²) in [4.78, 5) is 10.3. The van der Waals surface area contributed by atoms with E-state index in [-0.39, 0.29) is 15.9 Å². The lowest BCUT2D eigenvalue weighted by Crippen LogP contribution is -2.30. The van der Waals surface area contributed by atoms with Gasteiger partial charge in [-0.1, -0.05) is 12.8 Å². The Kier molecular flexibility index (Phi) is 5.52. The number of halogens is 2. The van der Waals surface area contributed by atoms with Crippen LogP contribution in [-0.2, 0) is 0 Å². The maximum absolute atomic E-state index is 13.4. The van der Waals surface area contributed by atoms with Gasteiger partial charge in [-0.2, -0.15) is 0 Å². The van der Waals surface area contributed by atoms with E-state index in [1.807, 2.05) is 0 Å². The van der Waals surface area contributed by atoms with E-state index in [1.54, 1.807) is 0 Å². The molecule has 0 saturated heterocycles. The van der Waals surface area contributed by atoms with Gasteiger partial charge in [-0.25, -0.2) is 4.39 Å². The molecule has 2 N–H and O–H groups in total. The second-order valence-electron chi connectivity index (χ2n) is 5.34. The molecule has 5 nitrogen and oxygen atoms in total. The molecule has 2 atom stereocenters. The van der Waals surface area contributed by atoms with Crippen molar-refractivity contribution in [3.8, 4) is 5.75 Å². The first-order valence-corrected chi connectivity index (χ1v) is 7.78. The minimum absolute atomic E-state index is 0.0922. The molecule has 0 aliphatic heterocycles. The summed E-state index contributed by atoms with van der Waals surface area (Å²) in [6.45, 7) is 0.976. The molecule has 1 aromatic rings. The number of benzene rings is 1. The quantitative estimate of drug-likeness (QED) is 0.642. The highest BCUT2D eigenvalue weighted by atomic mass is 79.9. The highest BCUT2D eigenvalue weighted by Crippen LogP contribution is 2.35. The van der Waals surface area contributed by atoms with Gasteiger partial charge >= 0.3 is 5.69 Å². The Morgan fingerprint density at radius 2 is 2.05 bits per heavy atom. The maximum atomic E-state index is 13.4. The normalized spacial score (nSPS) is 22.0. The molecule has 2 rings (SSSR count). The molecular formula is C14H18BrFN2O3. The fourth-order valence-electron chi connectivity index (χ4n) is 2.79. The topological polar surface area (TPSA) is 78.4 Å². The number of nitro groups is 1. The van der Waals surface area contributed by atoms with Gasteiger partial charge in [-0.3, -0.25) is 10.1 Å². The predicted octanol–water partition coefficient (Wildman–Crippen LogP) is 3.64. The largest absolute Gasteiger partial charge is 0.486 e. The molecular weight excluding hydrogens is 343 g/mol. The van der Waals surface area contributed by atoms with Crippen molar-refractivity contribution in [2.75, 3.05) is 13.2 Å². The smallest absolute Gasteiger partial charge is 0.313 e. The number of ether oxygens (including phenoxy) is 1. The summed E-state index contributed by atoms with van der Waals surface area (Å²) in [6, 6.07) is 2.19. The number of nitro benzene ring substituents is 1. The minimum Gasteiger partial charge on any atom is -0.486 e. The van der Waals surface area contributed by atoms with Gasteiger partial charge < -0.3 is 10.5 Å². The van der Waals surface area contributed by atoms with E-state index in [0.717, 1.165) is 25.3 Å². The van der Waals surface area contributed by atoms with E-state index in [4.69, 9.17) is 10.5 Å². The van der Waals surface area contributed by atoms with Crippen LogP contribution in [0.4, 0.5) is 10.1 Å². The summed E-state index contributed by atoms with van der Waals surface area (Å²) in [7, 11) is 0. The number of nitrogens with two attached hydrogens (primary N) is 1. The average Bonchev–Trinajstić information content (AvgIpc) is 2.48. The number of rotatable bonds is 5. The van der Waals surface area contributed by atoms with Crippen molar-refractivity contribution in [3.05, 3.63) is 32.5 Å². The minimum atomic E-state index is -0.674. The molecule has 1 fully saturated rings. The number of nitrogens with zero attached hydrogens (tertiary/aromatic N) is 1. The Hall–Kier alpha value is -1.21. The highest BCUT2D eigenvalue weighted by Gasteiger charge is 2.26. The van der Waals surface area contributed by atoms with Crippen LogP contribution in [0.2, 0.25) is 0 Å². The van der Waals surface area contributed by atoms with Gasteiger partial charge in [-0.05, 0) is 47.2 Å². The molecule has 7 heteroatoms. The van der Waals surface area contributed by atoms with Gasteiger partial charge in [0.05, 0.1) is 22.1 Å². The third-order valence-electron chi connectivity index (χ3n) is 4.02. The van der Waals surface area contributed by atoms with Gasteiger partial charge in [0.15, 0.2) is 5.75 Å². The van der Waals surface area contributed by atoms with Crippen molar-refractivity contribution in [1.82, 2.24) is 0 Å². The zero-order valence-electron chi connectivity index (χ0n) is 11.6. The Bertz CT molecular complexity index is 527. The van der Waals surface area contributed by atoms with E-state index in [1.165, 1.54) is 12.5 Å². The Morgan fingerprint density at radius 1 is 1.38 bits per heavy atom. The fourth-order valence-corrected chi connectivity index (χ4v) is 3.11. The van der Waals surface area contributed by atoms with Gasteiger partial charge in [0.1, 0.15) is 5.82 Å². The highest BCUT2D eigenvalue weighted by molar-refractivity contribution is 9.10. The summed E-state index contributed by atoms with van der Waals surface area (Å²) in [5, 5.41) is 11.0. The van der Waals surface area contributed by atoms with Gasteiger partial charge in [0.25, 0.3) is 0 Å². The molecule has 2 unspecified atom stereocenters. The SMILES string of the molecule is NCC1CCCCC1COc1cc(Br)c(F)cc1[N+](=O)[O-]. The lowest BCUT2D eigenvalue weighted by atomic mass is 9.80. The molecule has 116 valence electrons. The van der Waals surface area contributed by atoms with E-state index < -0.39 is 10.7 Å². The van der Waals surface area contributed by atoms with E-state index in [2.05, 4.69) is 15.9 Å². The molecule has 0 spiro atoms.